The zero-order chi connectivity index (χ0) is 21.5. The fourth-order valence-electron chi connectivity index (χ4n) is 3.61. The molecule has 2 aliphatic rings. The lowest BCUT2D eigenvalue weighted by atomic mass is 10.1. The summed E-state index contributed by atoms with van der Waals surface area (Å²) in [5, 5.41) is 9.10. The Labute approximate surface area is 180 Å². The second kappa shape index (κ2) is 10.3. The van der Waals surface area contributed by atoms with Gasteiger partial charge in [0.15, 0.2) is 0 Å². The Morgan fingerprint density at radius 3 is 1.77 bits per heavy atom. The molecule has 0 aromatic heterocycles. The van der Waals surface area contributed by atoms with E-state index in [1.165, 1.54) is 11.1 Å². The summed E-state index contributed by atoms with van der Waals surface area (Å²) in [7, 11) is 0. The van der Waals surface area contributed by atoms with Crippen LogP contribution in [-0.4, -0.2) is 31.2 Å². The molecule has 4 heteroatoms. The molecule has 0 saturated heterocycles. The van der Waals surface area contributed by atoms with Crippen molar-refractivity contribution in [2.24, 2.45) is 22.7 Å². The van der Waals surface area contributed by atoms with Crippen LogP contribution in [0.3, 0.4) is 0 Å². The van der Waals surface area contributed by atoms with Gasteiger partial charge in [-0.1, -0.05) is 74.5 Å². The van der Waals surface area contributed by atoms with E-state index in [1.54, 1.807) is 0 Å². The van der Waals surface area contributed by atoms with Gasteiger partial charge >= 0.3 is 0 Å². The molecule has 2 saturated carbocycles. The Morgan fingerprint density at radius 1 is 0.867 bits per heavy atom. The predicted molar refractivity (Wildman–Crippen MR) is 118 cm³/mol. The van der Waals surface area contributed by atoms with Crippen LogP contribution >= 0.6 is 0 Å². The monoisotopic (exact) mass is 410 g/mol. The van der Waals surface area contributed by atoms with Crippen LogP contribution in [0, 0.1) is 22.7 Å². The quantitative estimate of drug-likeness (QED) is 0.579. The van der Waals surface area contributed by atoms with Crippen LogP contribution < -0.4 is 0 Å². The lowest BCUT2D eigenvalue weighted by molar-refractivity contribution is -0.112. The van der Waals surface area contributed by atoms with Crippen molar-refractivity contribution in [3.8, 4) is 0 Å². The number of rotatable bonds is 10. The van der Waals surface area contributed by atoms with E-state index in [-0.39, 0.29) is 17.4 Å². The third kappa shape index (κ3) is 6.49. The molecule has 0 unspecified atom stereocenters. The maximum atomic E-state index is 10.7. The fourth-order valence-corrected chi connectivity index (χ4v) is 3.61. The molecule has 162 valence electrons. The number of hydrogen-bond donors (Lipinski definition) is 1. The zero-order valence-electron chi connectivity index (χ0n) is 18.1. The smallest absolute Gasteiger partial charge is 0.126 e. The second-order valence-corrected chi connectivity index (χ2v) is 9.24. The van der Waals surface area contributed by atoms with Crippen LogP contribution in [0.25, 0.3) is 0 Å². The molecule has 0 amide bonds. The normalized spacial score (nSPS) is 28.9. The SMILES string of the molecule is C[C@@]1(C=O)C[C@@H]1COCc1ccccc1.C[C@@]1(CO)C[C@@H]1COCc1ccccc1. The van der Waals surface area contributed by atoms with Gasteiger partial charge in [-0.05, 0) is 41.2 Å². The van der Waals surface area contributed by atoms with Gasteiger partial charge in [0.2, 0.25) is 0 Å². The van der Waals surface area contributed by atoms with Gasteiger partial charge in [0.25, 0.3) is 0 Å². The highest BCUT2D eigenvalue weighted by Gasteiger charge is 2.50. The first-order valence-corrected chi connectivity index (χ1v) is 10.8. The molecule has 4 atom stereocenters. The lowest BCUT2D eigenvalue weighted by Crippen LogP contribution is -2.08. The van der Waals surface area contributed by atoms with E-state index >= 15 is 0 Å². The summed E-state index contributed by atoms with van der Waals surface area (Å²) in [5.74, 6) is 0.977. The zero-order valence-corrected chi connectivity index (χ0v) is 18.1. The van der Waals surface area contributed by atoms with Crippen LogP contribution in [0.1, 0.15) is 37.8 Å². The topological polar surface area (TPSA) is 55.8 Å². The lowest BCUT2D eigenvalue weighted by Gasteiger charge is -2.07. The highest BCUT2D eigenvalue weighted by Crippen LogP contribution is 2.51. The highest BCUT2D eigenvalue weighted by atomic mass is 16.5. The van der Waals surface area contributed by atoms with E-state index in [2.05, 4.69) is 19.1 Å². The van der Waals surface area contributed by atoms with Crippen molar-refractivity contribution < 1.29 is 19.4 Å². The summed E-state index contributed by atoms with van der Waals surface area (Å²) in [5.41, 5.74) is 2.43. The van der Waals surface area contributed by atoms with Crippen LogP contribution in [0.4, 0.5) is 0 Å². The number of ether oxygens (including phenoxy) is 2. The van der Waals surface area contributed by atoms with Crippen molar-refractivity contribution in [2.45, 2.75) is 39.9 Å². The van der Waals surface area contributed by atoms with Gasteiger partial charge in [-0.15, -0.1) is 0 Å². The Bertz CT molecular complexity index is 778. The van der Waals surface area contributed by atoms with Gasteiger partial charge in [0.05, 0.1) is 26.4 Å². The molecule has 2 aromatic carbocycles. The third-order valence-electron chi connectivity index (χ3n) is 6.49. The van der Waals surface area contributed by atoms with Gasteiger partial charge < -0.3 is 19.4 Å². The van der Waals surface area contributed by atoms with E-state index in [0.717, 1.165) is 25.7 Å². The molecule has 0 spiro atoms. The van der Waals surface area contributed by atoms with Gasteiger partial charge in [0.1, 0.15) is 6.29 Å². The van der Waals surface area contributed by atoms with Crippen molar-refractivity contribution in [2.75, 3.05) is 19.8 Å². The summed E-state index contributed by atoms with van der Waals surface area (Å²) >= 11 is 0. The molecule has 2 fully saturated rings. The Kier molecular flexibility index (Phi) is 7.81. The van der Waals surface area contributed by atoms with E-state index in [0.29, 0.717) is 31.7 Å². The number of carbonyl (C=O) groups excluding carboxylic acids is 1. The van der Waals surface area contributed by atoms with Crippen LogP contribution in [0.15, 0.2) is 60.7 Å². The van der Waals surface area contributed by atoms with Crippen molar-refractivity contribution in [1.29, 1.82) is 0 Å². The van der Waals surface area contributed by atoms with Gasteiger partial charge in [0, 0.05) is 12.0 Å². The molecule has 2 aromatic rings. The summed E-state index contributed by atoms with van der Waals surface area (Å²) < 4.78 is 11.2. The number of hydrogen-bond acceptors (Lipinski definition) is 4. The van der Waals surface area contributed by atoms with Crippen LogP contribution in [0.2, 0.25) is 0 Å². The minimum Gasteiger partial charge on any atom is -0.396 e. The standard InChI is InChI=1S/C13H18O2.C13H16O2/c2*1-13(10-14)7-12(13)9-15-8-11-5-3-2-4-6-11/h2-6,12,14H,7-10H2,1H3;2-6,10,12H,7-9H2,1H3/t2*12-,13+/m11/s1. The molecular weight excluding hydrogens is 376 g/mol. The maximum Gasteiger partial charge on any atom is 0.126 e. The predicted octanol–water partition coefficient (Wildman–Crippen LogP) is 4.65. The molecule has 4 nitrogen and oxygen atoms in total. The molecule has 0 heterocycles. The summed E-state index contributed by atoms with van der Waals surface area (Å²) in [6.45, 7) is 7.19. The number of aldehydes is 1. The Balaban J connectivity index is 0.000000171. The molecule has 0 radical (unpaired) electrons. The molecule has 1 N–H and O–H groups in total. The first-order chi connectivity index (χ1) is 14.5. The molecule has 4 rings (SSSR count). The van der Waals surface area contributed by atoms with E-state index in [1.807, 2.05) is 55.5 Å². The Hall–Kier alpha value is -2.01. The van der Waals surface area contributed by atoms with Crippen molar-refractivity contribution in [3.05, 3.63) is 71.8 Å². The number of carbonyl (C=O) groups is 1. The minimum absolute atomic E-state index is 0.101. The highest BCUT2D eigenvalue weighted by molar-refractivity contribution is 5.63. The number of benzene rings is 2. The summed E-state index contributed by atoms with van der Waals surface area (Å²) in [6, 6.07) is 20.3. The molecule has 30 heavy (non-hydrogen) atoms. The van der Waals surface area contributed by atoms with Crippen molar-refractivity contribution >= 4 is 6.29 Å². The van der Waals surface area contributed by atoms with Crippen molar-refractivity contribution in [3.63, 3.8) is 0 Å². The largest absolute Gasteiger partial charge is 0.396 e. The molecular formula is C26H34O4. The molecule has 0 aliphatic heterocycles. The first-order valence-electron chi connectivity index (χ1n) is 10.8. The second-order valence-electron chi connectivity index (χ2n) is 9.24. The fraction of sp³-hybridized carbons (Fsp3) is 0.500. The van der Waals surface area contributed by atoms with E-state index in [4.69, 9.17) is 14.6 Å². The van der Waals surface area contributed by atoms with Gasteiger partial charge in [-0.25, -0.2) is 0 Å². The Morgan fingerprint density at radius 2 is 1.37 bits per heavy atom. The summed E-state index contributed by atoms with van der Waals surface area (Å²) in [4.78, 5) is 10.7. The number of aliphatic hydroxyl groups is 1. The van der Waals surface area contributed by atoms with Crippen molar-refractivity contribution in [1.82, 2.24) is 0 Å². The number of aliphatic hydroxyl groups excluding tert-OH is 1. The third-order valence-corrected chi connectivity index (χ3v) is 6.49. The molecule has 2 aliphatic carbocycles. The van der Waals surface area contributed by atoms with Crippen LogP contribution in [0.5, 0.6) is 0 Å². The van der Waals surface area contributed by atoms with Gasteiger partial charge in [-0.3, -0.25) is 0 Å². The first kappa shape index (κ1) is 22.7. The molecule has 0 bridgehead atoms. The van der Waals surface area contributed by atoms with Crippen LogP contribution in [-0.2, 0) is 27.5 Å². The van der Waals surface area contributed by atoms with E-state index in [9.17, 15) is 4.79 Å². The minimum atomic E-state index is -0.101. The van der Waals surface area contributed by atoms with Gasteiger partial charge in [-0.2, -0.15) is 0 Å². The summed E-state index contributed by atoms with van der Waals surface area (Å²) in [6.07, 6.45) is 3.13. The van der Waals surface area contributed by atoms with E-state index < -0.39 is 0 Å². The average molecular weight is 411 g/mol. The maximum absolute atomic E-state index is 10.7. The average Bonchev–Trinajstić information content (AvgIpc) is 3.65.